The van der Waals surface area contributed by atoms with Gasteiger partial charge in [0.2, 0.25) is 0 Å². The monoisotopic (exact) mass is 386 g/mol. The molecule has 3 aliphatic rings. The number of ketones is 1. The van der Waals surface area contributed by atoms with Gasteiger partial charge in [0.25, 0.3) is 5.91 Å². The third-order valence-electron chi connectivity index (χ3n) is 7.64. The second-order valence-electron chi connectivity index (χ2n) is 9.29. The van der Waals surface area contributed by atoms with Gasteiger partial charge in [0.15, 0.2) is 0 Å². The highest BCUT2D eigenvalue weighted by Crippen LogP contribution is 2.55. The van der Waals surface area contributed by atoms with E-state index in [-0.39, 0.29) is 29.6 Å². The number of benzene rings is 1. The van der Waals surface area contributed by atoms with E-state index in [0.29, 0.717) is 30.7 Å². The summed E-state index contributed by atoms with van der Waals surface area (Å²) in [5, 5.41) is 22.9. The molecule has 6 heteroatoms. The number of hydrogen-bond acceptors (Lipinski definition) is 5. The third-order valence-corrected chi connectivity index (χ3v) is 7.64. The van der Waals surface area contributed by atoms with E-state index in [1.807, 2.05) is 13.0 Å². The second-order valence-corrected chi connectivity index (χ2v) is 9.29. The van der Waals surface area contributed by atoms with Crippen molar-refractivity contribution in [2.75, 3.05) is 13.6 Å². The van der Waals surface area contributed by atoms with E-state index in [4.69, 9.17) is 5.73 Å². The number of rotatable bonds is 4. The molecule has 0 saturated heterocycles. The van der Waals surface area contributed by atoms with Crippen LogP contribution in [0.3, 0.4) is 0 Å². The van der Waals surface area contributed by atoms with Gasteiger partial charge in [-0.3, -0.25) is 14.5 Å². The maximum Gasteiger partial charge on any atom is 0.252 e. The quantitative estimate of drug-likeness (QED) is 0.733. The fourth-order valence-corrected chi connectivity index (χ4v) is 5.81. The first-order chi connectivity index (χ1) is 13.2. The number of aliphatic hydroxyl groups is 1. The Morgan fingerprint density at radius 3 is 2.68 bits per heavy atom. The van der Waals surface area contributed by atoms with Crippen molar-refractivity contribution >= 4 is 11.7 Å². The van der Waals surface area contributed by atoms with Crippen LogP contribution < -0.4 is 5.73 Å². The van der Waals surface area contributed by atoms with Gasteiger partial charge in [-0.2, -0.15) is 0 Å². The van der Waals surface area contributed by atoms with Crippen LogP contribution in [0.25, 0.3) is 0 Å². The molecule has 0 spiro atoms. The Kier molecular flexibility index (Phi) is 4.55. The van der Waals surface area contributed by atoms with E-state index in [0.717, 1.165) is 12.1 Å². The topological polar surface area (TPSA) is 104 Å². The molecule has 0 bridgehead atoms. The molecule has 3 aliphatic carbocycles. The molecular formula is C22H30N2O4. The van der Waals surface area contributed by atoms with Crippen molar-refractivity contribution in [2.45, 2.75) is 68.9 Å². The number of amides is 1. The zero-order valence-electron chi connectivity index (χ0n) is 16.7. The van der Waals surface area contributed by atoms with Gasteiger partial charge in [0.05, 0.1) is 11.2 Å². The summed E-state index contributed by atoms with van der Waals surface area (Å²) in [5.41, 5.74) is 4.78. The number of carbonyl (C=O) groups excluding carboxylic acids is 2. The molecule has 4 rings (SSSR count). The Hall–Kier alpha value is -1.92. The first-order valence-corrected chi connectivity index (χ1v) is 10.3. The minimum Gasteiger partial charge on any atom is -0.507 e. The molecule has 4 N–H and O–H groups in total. The van der Waals surface area contributed by atoms with Gasteiger partial charge < -0.3 is 15.9 Å². The van der Waals surface area contributed by atoms with E-state index >= 15 is 0 Å². The lowest BCUT2D eigenvalue weighted by Gasteiger charge is -2.58. The van der Waals surface area contributed by atoms with Gasteiger partial charge in [0.1, 0.15) is 11.5 Å². The number of carbonyl (C=O) groups is 2. The lowest BCUT2D eigenvalue weighted by molar-refractivity contribution is -0.149. The maximum atomic E-state index is 12.4. The average Bonchev–Trinajstić information content (AvgIpc) is 2.58. The maximum absolute atomic E-state index is 12.4. The molecule has 2 fully saturated rings. The number of nitrogens with two attached hydrogens (primary N) is 1. The minimum absolute atomic E-state index is 0.0432. The highest BCUT2D eigenvalue weighted by molar-refractivity contribution is 5.96. The van der Waals surface area contributed by atoms with Gasteiger partial charge in [-0.15, -0.1) is 0 Å². The Bertz CT molecular complexity index is 834. The molecule has 6 nitrogen and oxygen atoms in total. The predicted octanol–water partition coefficient (Wildman–Crippen LogP) is 1.89. The zero-order valence-corrected chi connectivity index (χ0v) is 16.7. The summed E-state index contributed by atoms with van der Waals surface area (Å²) in [7, 11) is 2.06. The third kappa shape index (κ3) is 2.69. The summed E-state index contributed by atoms with van der Waals surface area (Å²) < 4.78 is 0. The van der Waals surface area contributed by atoms with Crippen LogP contribution in [0.2, 0.25) is 0 Å². The van der Waals surface area contributed by atoms with Gasteiger partial charge in [-0.05, 0) is 50.3 Å². The van der Waals surface area contributed by atoms with Crippen molar-refractivity contribution in [2.24, 2.45) is 11.7 Å². The van der Waals surface area contributed by atoms with Gasteiger partial charge in [-0.1, -0.05) is 19.4 Å². The number of aromatic hydroxyl groups is 1. The Labute approximate surface area is 165 Å². The molecule has 2 saturated carbocycles. The largest absolute Gasteiger partial charge is 0.507 e. The summed E-state index contributed by atoms with van der Waals surface area (Å²) in [6.45, 7) is 2.79. The van der Waals surface area contributed by atoms with E-state index in [1.165, 1.54) is 19.3 Å². The fraction of sp³-hybridized carbons (Fsp3) is 0.636. The Morgan fingerprint density at radius 2 is 2.07 bits per heavy atom. The molecule has 0 heterocycles. The second kappa shape index (κ2) is 6.56. The van der Waals surface area contributed by atoms with E-state index in [1.54, 1.807) is 6.07 Å². The standard InChI is InChI=1S/C22H30N2O4/c1-21-11-15(25)8-9-22(21,28)17(24(2)12-13-4-3-5-13)10-14-6-7-16(20(23)27)19(26)18(14)21/h6-7,13,17,26,28H,3-5,8-12H2,1-2H3,(H2,23,27)/t17-,21?,22-/m1/s1. The molecule has 1 amide bonds. The van der Waals surface area contributed by atoms with E-state index < -0.39 is 16.9 Å². The van der Waals surface area contributed by atoms with Gasteiger partial charge >= 0.3 is 0 Å². The summed E-state index contributed by atoms with van der Waals surface area (Å²) in [6, 6.07) is 3.23. The lowest BCUT2D eigenvalue weighted by atomic mass is 9.52. The molecule has 1 unspecified atom stereocenters. The van der Waals surface area contributed by atoms with E-state index in [2.05, 4.69) is 11.9 Å². The van der Waals surface area contributed by atoms with Crippen LogP contribution in [0.15, 0.2) is 12.1 Å². The molecule has 0 radical (unpaired) electrons. The Morgan fingerprint density at radius 1 is 1.36 bits per heavy atom. The molecule has 1 aromatic carbocycles. The molecule has 28 heavy (non-hydrogen) atoms. The molecule has 0 aromatic heterocycles. The van der Waals surface area contributed by atoms with Crippen LogP contribution in [-0.4, -0.2) is 52.0 Å². The van der Waals surface area contributed by atoms with Crippen molar-refractivity contribution in [3.63, 3.8) is 0 Å². The van der Waals surface area contributed by atoms with E-state index in [9.17, 15) is 19.8 Å². The summed E-state index contributed by atoms with van der Waals surface area (Å²) in [4.78, 5) is 26.4. The first kappa shape index (κ1) is 19.4. The van der Waals surface area contributed by atoms with Crippen LogP contribution >= 0.6 is 0 Å². The number of phenols is 1. The van der Waals surface area contributed by atoms with Crippen LogP contribution in [0, 0.1) is 5.92 Å². The van der Waals surface area contributed by atoms with Crippen LogP contribution in [0.4, 0.5) is 0 Å². The highest BCUT2D eigenvalue weighted by Gasteiger charge is 2.61. The molecule has 0 aliphatic heterocycles. The number of nitrogens with zero attached hydrogens (tertiary/aromatic N) is 1. The van der Waals surface area contributed by atoms with Crippen LogP contribution in [0.5, 0.6) is 5.75 Å². The number of likely N-dealkylation sites (N-methyl/N-ethyl adjacent to an activating group) is 1. The molecule has 1 aromatic rings. The molecular weight excluding hydrogens is 356 g/mol. The summed E-state index contributed by atoms with van der Waals surface area (Å²) >= 11 is 0. The van der Waals surface area contributed by atoms with Crippen LogP contribution in [-0.2, 0) is 16.6 Å². The van der Waals surface area contributed by atoms with Gasteiger partial charge in [0, 0.05) is 36.4 Å². The first-order valence-electron chi connectivity index (χ1n) is 10.3. The van der Waals surface area contributed by atoms with Crippen molar-refractivity contribution in [1.82, 2.24) is 4.90 Å². The Balaban J connectivity index is 1.83. The average molecular weight is 386 g/mol. The van der Waals surface area contributed by atoms with Crippen molar-refractivity contribution in [3.8, 4) is 5.75 Å². The SMILES string of the molecule is CN(CC1CCC1)[C@@H]1Cc2ccc(C(N)=O)c(O)c2C2(C)CC(=O)CC[C@@]12O. The summed E-state index contributed by atoms with van der Waals surface area (Å²) in [6.07, 6.45) is 5.15. The number of hydrogen-bond donors (Lipinski definition) is 3. The molecule has 152 valence electrons. The highest BCUT2D eigenvalue weighted by atomic mass is 16.3. The lowest BCUT2D eigenvalue weighted by Crippen LogP contribution is -2.68. The summed E-state index contributed by atoms with van der Waals surface area (Å²) in [5.74, 6) is -0.152. The number of primary amides is 1. The number of Topliss-reactive ketones (excluding diaryl/α,β-unsaturated/α-hetero) is 1. The predicted molar refractivity (Wildman–Crippen MR) is 105 cm³/mol. The fourth-order valence-electron chi connectivity index (χ4n) is 5.81. The van der Waals surface area contributed by atoms with Gasteiger partial charge in [-0.25, -0.2) is 0 Å². The van der Waals surface area contributed by atoms with Crippen molar-refractivity contribution < 1.29 is 19.8 Å². The normalized spacial score (nSPS) is 32.6. The van der Waals surface area contributed by atoms with Crippen molar-refractivity contribution in [3.05, 3.63) is 28.8 Å². The smallest absolute Gasteiger partial charge is 0.252 e. The number of fused-ring (bicyclic) bond motifs is 3. The van der Waals surface area contributed by atoms with Crippen LogP contribution in [0.1, 0.15) is 66.9 Å². The molecule has 3 atom stereocenters. The van der Waals surface area contributed by atoms with Crippen molar-refractivity contribution in [1.29, 1.82) is 0 Å². The minimum atomic E-state index is -1.15. The zero-order chi connectivity index (χ0) is 20.3.